The highest BCUT2D eigenvalue weighted by Crippen LogP contribution is 2.38. The van der Waals surface area contributed by atoms with Gasteiger partial charge in [-0.2, -0.15) is 0 Å². The molecule has 5 nitrogen and oxygen atoms in total. The Balaban J connectivity index is 1.62. The van der Waals surface area contributed by atoms with Gasteiger partial charge in [0, 0.05) is 21.7 Å². The highest BCUT2D eigenvalue weighted by atomic mass is 35.5. The van der Waals surface area contributed by atoms with Gasteiger partial charge in [0.15, 0.2) is 4.32 Å². The summed E-state index contributed by atoms with van der Waals surface area (Å²) in [7, 11) is 1.25. The number of methoxy groups -OCH3 is 1. The van der Waals surface area contributed by atoms with E-state index >= 15 is 0 Å². The quantitative estimate of drug-likeness (QED) is 0.206. The van der Waals surface area contributed by atoms with Crippen molar-refractivity contribution in [3.05, 3.63) is 79.8 Å². The summed E-state index contributed by atoms with van der Waals surface area (Å²) in [5, 5.41) is 1.19. The van der Waals surface area contributed by atoms with Gasteiger partial charge >= 0.3 is 5.97 Å². The van der Waals surface area contributed by atoms with E-state index in [0.717, 1.165) is 11.8 Å². The molecule has 0 saturated carbocycles. The average molecular weight is 525 g/mol. The largest absolute Gasteiger partial charge is 0.465 e. The van der Waals surface area contributed by atoms with E-state index in [9.17, 15) is 9.59 Å². The first-order chi connectivity index (χ1) is 15.3. The first-order valence-electron chi connectivity index (χ1n) is 8.99. The van der Waals surface area contributed by atoms with Crippen LogP contribution in [-0.2, 0) is 9.53 Å². The van der Waals surface area contributed by atoms with Crippen LogP contribution >= 0.6 is 58.8 Å². The number of hydrogen-bond acceptors (Lipinski definition) is 6. The molecule has 1 fully saturated rings. The average Bonchev–Trinajstić information content (AvgIpc) is 3.32. The molecule has 0 aliphatic carbocycles. The zero-order valence-corrected chi connectivity index (χ0v) is 20.1. The van der Waals surface area contributed by atoms with Gasteiger partial charge in [-0.3, -0.25) is 9.69 Å². The molecule has 1 aliphatic heterocycles. The van der Waals surface area contributed by atoms with Crippen molar-refractivity contribution in [3.8, 4) is 11.3 Å². The lowest BCUT2D eigenvalue weighted by Crippen LogP contribution is -2.27. The van der Waals surface area contributed by atoms with Crippen LogP contribution in [-0.4, -0.2) is 23.3 Å². The van der Waals surface area contributed by atoms with Gasteiger partial charge in [-0.1, -0.05) is 58.8 Å². The molecule has 2 heterocycles. The molecule has 0 bridgehead atoms. The van der Waals surface area contributed by atoms with E-state index in [1.54, 1.807) is 42.5 Å². The molecule has 0 unspecified atom stereocenters. The van der Waals surface area contributed by atoms with Crippen LogP contribution in [0, 0.1) is 0 Å². The number of amides is 1. The Hall–Kier alpha value is -2.29. The van der Waals surface area contributed by atoms with E-state index in [0.29, 0.717) is 42.0 Å². The summed E-state index contributed by atoms with van der Waals surface area (Å²) in [6.07, 6.45) is 1.60. The summed E-state index contributed by atoms with van der Waals surface area (Å²) in [4.78, 5) is 26.7. The van der Waals surface area contributed by atoms with E-state index < -0.39 is 5.97 Å². The van der Waals surface area contributed by atoms with E-state index in [2.05, 4.69) is 0 Å². The number of carbonyl (C=O) groups excluding carboxylic acids is 2. The van der Waals surface area contributed by atoms with E-state index in [1.807, 2.05) is 0 Å². The number of nitrogens with zero attached hydrogens (tertiary/aromatic N) is 1. The molecule has 1 saturated heterocycles. The number of benzene rings is 2. The zero-order chi connectivity index (χ0) is 23.0. The molecule has 0 radical (unpaired) electrons. The molecule has 1 amide bonds. The molecule has 162 valence electrons. The van der Waals surface area contributed by atoms with Crippen LogP contribution in [0.5, 0.6) is 0 Å². The summed E-state index contributed by atoms with van der Waals surface area (Å²) in [5.41, 5.74) is 1.26. The topological polar surface area (TPSA) is 59.8 Å². The fourth-order valence-corrected chi connectivity index (χ4v) is 5.02. The Morgan fingerprint density at radius 1 is 1.09 bits per heavy atom. The van der Waals surface area contributed by atoms with Crippen LogP contribution < -0.4 is 4.90 Å². The van der Waals surface area contributed by atoms with Gasteiger partial charge < -0.3 is 9.15 Å². The lowest BCUT2D eigenvalue weighted by atomic mass is 10.2. The highest BCUT2D eigenvalue weighted by molar-refractivity contribution is 8.27. The lowest BCUT2D eigenvalue weighted by molar-refractivity contribution is -0.113. The molecular weight excluding hydrogens is 513 g/mol. The summed E-state index contributed by atoms with van der Waals surface area (Å²) in [6, 6.07) is 13.2. The van der Waals surface area contributed by atoms with Crippen molar-refractivity contribution in [1.29, 1.82) is 0 Å². The van der Waals surface area contributed by atoms with Crippen LogP contribution in [0.15, 0.2) is 57.9 Å². The third-order valence-corrected chi connectivity index (χ3v) is 6.52. The van der Waals surface area contributed by atoms with Crippen LogP contribution in [0.1, 0.15) is 16.1 Å². The molecule has 2 aromatic carbocycles. The summed E-state index contributed by atoms with van der Waals surface area (Å²) in [5.74, 6) is 0.0588. The molecule has 3 aromatic rings. The maximum atomic E-state index is 13.0. The minimum absolute atomic E-state index is 0.139. The smallest absolute Gasteiger partial charge is 0.339 e. The van der Waals surface area contributed by atoms with Crippen LogP contribution in [0.4, 0.5) is 5.69 Å². The number of thioether (sulfide) groups is 1. The third-order valence-electron chi connectivity index (χ3n) is 4.45. The molecule has 0 spiro atoms. The maximum absolute atomic E-state index is 13.0. The van der Waals surface area contributed by atoms with Gasteiger partial charge in [0.2, 0.25) is 0 Å². The maximum Gasteiger partial charge on any atom is 0.339 e. The second-order valence-corrected chi connectivity index (χ2v) is 9.49. The van der Waals surface area contributed by atoms with Crippen LogP contribution in [0.25, 0.3) is 17.4 Å². The number of ether oxygens (including phenoxy) is 1. The third kappa shape index (κ3) is 4.58. The van der Waals surface area contributed by atoms with Crippen LogP contribution in [0.3, 0.4) is 0 Å². The van der Waals surface area contributed by atoms with E-state index in [1.165, 1.54) is 24.1 Å². The zero-order valence-electron chi connectivity index (χ0n) is 16.2. The molecule has 0 N–H and O–H groups in total. The Morgan fingerprint density at radius 3 is 2.50 bits per heavy atom. The Morgan fingerprint density at radius 2 is 1.81 bits per heavy atom. The SMILES string of the molecule is COC(=O)c1cc(N2C(=O)/C(=C/c3ccc(-c4cc(Cl)cc(Cl)c4)o3)SC2=S)ccc1Cl. The molecule has 0 atom stereocenters. The van der Waals surface area contributed by atoms with Gasteiger partial charge in [0.05, 0.1) is 28.3 Å². The summed E-state index contributed by atoms with van der Waals surface area (Å²) >= 11 is 24.7. The predicted molar refractivity (Wildman–Crippen MR) is 133 cm³/mol. The van der Waals surface area contributed by atoms with Crippen molar-refractivity contribution in [2.24, 2.45) is 0 Å². The van der Waals surface area contributed by atoms with Gasteiger partial charge in [-0.25, -0.2) is 4.79 Å². The Labute approximate surface area is 207 Å². The molecule has 4 rings (SSSR count). The minimum Gasteiger partial charge on any atom is -0.465 e. The van der Waals surface area contributed by atoms with Gasteiger partial charge in [0.1, 0.15) is 11.5 Å². The standard InChI is InChI=1S/C22H12Cl3NO4S2/c1-29-21(28)16-9-14(2-4-17(16)25)26-20(27)19(32-22(26)31)10-15-3-5-18(30-15)11-6-12(23)8-13(24)7-11/h2-10H,1H3/b19-10-. The first-order valence-corrected chi connectivity index (χ1v) is 11.3. The normalized spacial score (nSPS) is 15.0. The second-order valence-electron chi connectivity index (χ2n) is 6.53. The molecular formula is C22H12Cl3NO4S2. The number of esters is 1. The number of carbonyl (C=O) groups is 2. The minimum atomic E-state index is -0.609. The fraction of sp³-hybridized carbons (Fsp3) is 0.0455. The van der Waals surface area contributed by atoms with Gasteiger partial charge in [-0.05, 0) is 48.5 Å². The molecule has 1 aromatic heterocycles. The van der Waals surface area contributed by atoms with Gasteiger partial charge in [-0.15, -0.1) is 0 Å². The number of halogens is 3. The highest BCUT2D eigenvalue weighted by Gasteiger charge is 2.34. The van der Waals surface area contributed by atoms with Gasteiger partial charge in [0.25, 0.3) is 5.91 Å². The number of hydrogen-bond donors (Lipinski definition) is 0. The Kier molecular flexibility index (Phi) is 6.65. The van der Waals surface area contributed by atoms with E-state index in [-0.39, 0.29) is 16.5 Å². The predicted octanol–water partition coefficient (Wildman–Crippen LogP) is 7.10. The van der Waals surface area contributed by atoms with E-state index in [4.69, 9.17) is 56.2 Å². The van der Waals surface area contributed by atoms with Crippen molar-refractivity contribution >= 4 is 86.7 Å². The second kappa shape index (κ2) is 9.29. The first kappa shape index (κ1) is 22.9. The van der Waals surface area contributed by atoms with Crippen molar-refractivity contribution in [2.75, 3.05) is 12.0 Å². The molecule has 10 heteroatoms. The van der Waals surface area contributed by atoms with Crippen molar-refractivity contribution in [1.82, 2.24) is 0 Å². The Bertz CT molecular complexity index is 1280. The monoisotopic (exact) mass is 523 g/mol. The summed E-state index contributed by atoms with van der Waals surface area (Å²) in [6.45, 7) is 0. The van der Waals surface area contributed by atoms with Crippen LogP contribution in [0.2, 0.25) is 15.1 Å². The molecule has 1 aliphatic rings. The number of furan rings is 1. The molecule has 32 heavy (non-hydrogen) atoms. The fourth-order valence-electron chi connectivity index (χ4n) is 3.02. The number of anilines is 1. The van der Waals surface area contributed by atoms with Crippen molar-refractivity contribution in [3.63, 3.8) is 0 Å². The lowest BCUT2D eigenvalue weighted by Gasteiger charge is -2.15. The number of thiocarbonyl (C=S) groups is 1. The number of rotatable bonds is 4. The van der Waals surface area contributed by atoms with Crippen molar-refractivity contribution in [2.45, 2.75) is 0 Å². The van der Waals surface area contributed by atoms with Crippen molar-refractivity contribution < 1.29 is 18.7 Å². The summed E-state index contributed by atoms with van der Waals surface area (Å²) < 4.78 is 10.9.